The van der Waals surface area contributed by atoms with Gasteiger partial charge in [-0.25, -0.2) is 4.79 Å². The highest BCUT2D eigenvalue weighted by Gasteiger charge is 2.33. The maximum absolute atomic E-state index is 12.5. The molecule has 6 heteroatoms. The number of hydrogen-bond acceptors (Lipinski definition) is 4. The average molecular weight is 367 g/mol. The summed E-state index contributed by atoms with van der Waals surface area (Å²) in [6.45, 7) is 7.16. The summed E-state index contributed by atoms with van der Waals surface area (Å²) >= 11 is 0. The molecule has 1 saturated carbocycles. The van der Waals surface area contributed by atoms with Gasteiger partial charge in [-0.3, -0.25) is 4.90 Å². The first-order valence-corrected chi connectivity index (χ1v) is 10.2. The molecule has 6 nitrogen and oxygen atoms in total. The van der Waals surface area contributed by atoms with Crippen LogP contribution in [0.1, 0.15) is 31.2 Å². The lowest BCUT2D eigenvalue weighted by Gasteiger charge is -2.39. The zero-order chi connectivity index (χ0) is 18.6. The van der Waals surface area contributed by atoms with E-state index in [0.29, 0.717) is 11.3 Å². The van der Waals surface area contributed by atoms with E-state index in [-0.39, 0.29) is 6.03 Å². The molecule has 0 aromatic heterocycles. The number of nitrogens with zero attached hydrogens (tertiary/aromatic N) is 4. The lowest BCUT2D eigenvalue weighted by molar-refractivity contribution is 0.0982. The van der Waals surface area contributed by atoms with E-state index in [4.69, 9.17) is 5.26 Å². The first-order chi connectivity index (χ1) is 13.2. The quantitative estimate of drug-likeness (QED) is 0.888. The van der Waals surface area contributed by atoms with Crippen molar-refractivity contribution in [3.63, 3.8) is 0 Å². The van der Waals surface area contributed by atoms with Crippen LogP contribution in [0.15, 0.2) is 24.3 Å². The number of nitrogens with one attached hydrogen (secondary N) is 1. The number of carbonyl (C=O) groups is 1. The number of anilines is 1. The number of likely N-dealkylation sites (tertiary alicyclic amines) is 1. The summed E-state index contributed by atoms with van der Waals surface area (Å²) in [6.07, 6.45) is 5.49. The zero-order valence-corrected chi connectivity index (χ0v) is 15.9. The number of piperidine rings is 1. The van der Waals surface area contributed by atoms with Gasteiger partial charge >= 0.3 is 6.03 Å². The van der Waals surface area contributed by atoms with E-state index >= 15 is 0 Å². The third-order valence-corrected chi connectivity index (χ3v) is 6.03. The molecule has 4 rings (SSSR count). The van der Waals surface area contributed by atoms with Crippen molar-refractivity contribution in [1.29, 1.82) is 5.26 Å². The molecule has 2 saturated heterocycles. The Morgan fingerprint density at radius 3 is 2.70 bits per heavy atom. The number of amides is 2. The molecule has 0 bridgehead atoms. The van der Waals surface area contributed by atoms with Gasteiger partial charge in [0.2, 0.25) is 0 Å². The van der Waals surface area contributed by atoms with Gasteiger partial charge in [-0.1, -0.05) is 6.07 Å². The van der Waals surface area contributed by atoms with Gasteiger partial charge in [0.05, 0.1) is 11.6 Å². The molecule has 2 aliphatic heterocycles. The van der Waals surface area contributed by atoms with Gasteiger partial charge in [-0.15, -0.1) is 0 Å². The number of urea groups is 1. The second kappa shape index (κ2) is 8.28. The molecule has 144 valence electrons. The molecule has 1 aromatic rings. The van der Waals surface area contributed by atoms with E-state index < -0.39 is 0 Å². The smallest absolute Gasteiger partial charge is 0.321 e. The Balaban J connectivity index is 1.22. The van der Waals surface area contributed by atoms with Crippen LogP contribution in [0.4, 0.5) is 10.5 Å². The fourth-order valence-corrected chi connectivity index (χ4v) is 4.39. The fraction of sp³-hybridized carbons (Fsp3) is 0.619. The van der Waals surface area contributed by atoms with Crippen LogP contribution >= 0.6 is 0 Å². The van der Waals surface area contributed by atoms with E-state index in [9.17, 15) is 4.79 Å². The minimum atomic E-state index is -0.0673. The monoisotopic (exact) mass is 367 g/mol. The Labute approximate surface area is 161 Å². The molecule has 0 unspecified atom stereocenters. The van der Waals surface area contributed by atoms with Crippen LogP contribution in [0.5, 0.6) is 0 Å². The average Bonchev–Trinajstić information content (AvgIpc) is 3.54. The van der Waals surface area contributed by atoms with Gasteiger partial charge in [-0.05, 0) is 56.3 Å². The predicted octanol–water partition coefficient (Wildman–Crippen LogP) is 2.58. The van der Waals surface area contributed by atoms with Crippen LogP contribution in [0.25, 0.3) is 0 Å². The van der Waals surface area contributed by atoms with Crippen molar-refractivity contribution >= 4 is 11.7 Å². The van der Waals surface area contributed by atoms with Crippen molar-refractivity contribution in [2.75, 3.05) is 51.1 Å². The minimum Gasteiger partial charge on any atom is -0.322 e. The van der Waals surface area contributed by atoms with Crippen molar-refractivity contribution in [2.45, 2.75) is 31.7 Å². The van der Waals surface area contributed by atoms with Gasteiger partial charge in [0, 0.05) is 51.0 Å². The van der Waals surface area contributed by atoms with E-state index in [1.54, 1.807) is 18.2 Å². The molecular formula is C21H29N5O. The Morgan fingerprint density at radius 2 is 1.96 bits per heavy atom. The Hall–Kier alpha value is -2.10. The molecule has 1 atom stereocenters. The summed E-state index contributed by atoms with van der Waals surface area (Å²) < 4.78 is 0. The molecule has 1 aromatic carbocycles. The van der Waals surface area contributed by atoms with Gasteiger partial charge in [0.15, 0.2) is 0 Å². The zero-order valence-electron chi connectivity index (χ0n) is 15.9. The molecular weight excluding hydrogens is 338 g/mol. The Kier molecular flexibility index (Phi) is 5.61. The SMILES string of the molecule is N#Cc1cccc(NC(=O)N2CCN(C[C@@H]3CCCN(C4CC4)C3)CC2)c1. The molecule has 3 fully saturated rings. The van der Waals surface area contributed by atoms with Crippen molar-refractivity contribution in [3.8, 4) is 6.07 Å². The van der Waals surface area contributed by atoms with Gasteiger partial charge in [0.1, 0.15) is 0 Å². The number of hydrogen-bond donors (Lipinski definition) is 1. The van der Waals surface area contributed by atoms with E-state index in [1.807, 2.05) is 11.0 Å². The molecule has 1 aliphatic carbocycles. The standard InChI is InChI=1S/C21H29N5O/c22-14-17-3-1-5-19(13-17)23-21(27)25-11-9-24(10-12-25)15-18-4-2-8-26(16-18)20-6-7-20/h1,3,5,13,18,20H,2,4,6-12,15-16H2,(H,23,27)/t18-/m0/s1. The lowest BCUT2D eigenvalue weighted by atomic mass is 9.97. The van der Waals surface area contributed by atoms with Crippen molar-refractivity contribution in [2.24, 2.45) is 5.92 Å². The van der Waals surface area contributed by atoms with E-state index in [1.165, 1.54) is 45.3 Å². The van der Waals surface area contributed by atoms with Crippen LogP contribution < -0.4 is 5.32 Å². The number of nitriles is 1. The summed E-state index contributed by atoms with van der Waals surface area (Å²) in [4.78, 5) is 19.6. The highest BCUT2D eigenvalue weighted by Crippen LogP contribution is 2.31. The molecule has 27 heavy (non-hydrogen) atoms. The largest absolute Gasteiger partial charge is 0.322 e. The summed E-state index contributed by atoms with van der Waals surface area (Å²) in [7, 11) is 0. The highest BCUT2D eigenvalue weighted by atomic mass is 16.2. The van der Waals surface area contributed by atoms with E-state index in [2.05, 4.69) is 21.2 Å². The van der Waals surface area contributed by atoms with E-state index in [0.717, 1.165) is 38.1 Å². The number of rotatable bonds is 4. The van der Waals surface area contributed by atoms with Crippen LogP contribution in [-0.2, 0) is 0 Å². The maximum atomic E-state index is 12.5. The van der Waals surface area contributed by atoms with Crippen LogP contribution in [0.2, 0.25) is 0 Å². The second-order valence-corrected chi connectivity index (χ2v) is 8.14. The van der Waals surface area contributed by atoms with Crippen LogP contribution in [0.3, 0.4) is 0 Å². The second-order valence-electron chi connectivity index (χ2n) is 8.14. The summed E-state index contributed by atoms with van der Waals surface area (Å²) in [5.41, 5.74) is 1.24. The maximum Gasteiger partial charge on any atom is 0.321 e. The number of benzene rings is 1. The molecule has 2 heterocycles. The first kappa shape index (κ1) is 18.3. The van der Waals surface area contributed by atoms with Gasteiger partial charge in [0.25, 0.3) is 0 Å². The van der Waals surface area contributed by atoms with Crippen molar-refractivity contribution < 1.29 is 4.79 Å². The highest BCUT2D eigenvalue weighted by molar-refractivity contribution is 5.89. The van der Waals surface area contributed by atoms with Gasteiger partial charge < -0.3 is 15.1 Å². The fourth-order valence-electron chi connectivity index (χ4n) is 4.39. The van der Waals surface area contributed by atoms with Crippen LogP contribution in [-0.4, -0.2) is 72.6 Å². The number of carbonyl (C=O) groups excluding carboxylic acids is 1. The lowest BCUT2D eigenvalue weighted by Crippen LogP contribution is -2.52. The minimum absolute atomic E-state index is 0.0673. The summed E-state index contributed by atoms with van der Waals surface area (Å²) in [5, 5.41) is 11.9. The molecule has 1 N–H and O–H groups in total. The molecule has 0 radical (unpaired) electrons. The third kappa shape index (κ3) is 4.79. The van der Waals surface area contributed by atoms with Crippen LogP contribution in [0, 0.1) is 17.2 Å². The van der Waals surface area contributed by atoms with Crippen molar-refractivity contribution in [3.05, 3.63) is 29.8 Å². The Bertz CT molecular complexity index is 703. The summed E-state index contributed by atoms with van der Waals surface area (Å²) in [5.74, 6) is 0.786. The number of piperazine rings is 1. The Morgan fingerprint density at radius 1 is 1.15 bits per heavy atom. The molecule has 3 aliphatic rings. The normalized spacial score (nSPS) is 24.4. The molecule has 0 spiro atoms. The van der Waals surface area contributed by atoms with Crippen molar-refractivity contribution in [1.82, 2.24) is 14.7 Å². The third-order valence-electron chi connectivity index (χ3n) is 6.03. The topological polar surface area (TPSA) is 62.6 Å². The predicted molar refractivity (Wildman–Crippen MR) is 106 cm³/mol. The van der Waals surface area contributed by atoms with Gasteiger partial charge in [-0.2, -0.15) is 5.26 Å². The first-order valence-electron chi connectivity index (χ1n) is 10.2. The summed E-state index contributed by atoms with van der Waals surface area (Å²) in [6, 6.07) is 9.99. The molecule has 2 amide bonds.